The number of nitrogens with zero attached hydrogens (tertiary/aromatic N) is 2. The Balaban J connectivity index is 1.79. The molecule has 2 rings (SSSR count). The lowest BCUT2D eigenvalue weighted by Crippen LogP contribution is -2.26. The van der Waals surface area contributed by atoms with Crippen LogP contribution in [0.25, 0.3) is 0 Å². The van der Waals surface area contributed by atoms with Crippen molar-refractivity contribution in [2.75, 3.05) is 20.2 Å². The Morgan fingerprint density at radius 2 is 2.35 bits per heavy atom. The average Bonchev–Trinajstić information content (AvgIpc) is 3.13. The van der Waals surface area contributed by atoms with E-state index in [0.29, 0.717) is 12.5 Å². The molecule has 0 amide bonds. The zero-order valence-electron chi connectivity index (χ0n) is 10.6. The highest BCUT2D eigenvalue weighted by molar-refractivity contribution is 5.22. The van der Waals surface area contributed by atoms with Crippen molar-refractivity contribution in [1.82, 2.24) is 9.88 Å². The van der Waals surface area contributed by atoms with Gasteiger partial charge in [-0.15, -0.1) is 0 Å². The van der Waals surface area contributed by atoms with Crippen LogP contribution >= 0.6 is 0 Å². The third-order valence-corrected chi connectivity index (χ3v) is 3.15. The maximum absolute atomic E-state index is 5.82. The van der Waals surface area contributed by atoms with Crippen molar-refractivity contribution in [3.63, 3.8) is 0 Å². The third-order valence-electron chi connectivity index (χ3n) is 3.15. The highest BCUT2D eigenvalue weighted by atomic mass is 16.5. The Kier molecular flexibility index (Phi) is 3.97. The predicted octanol–water partition coefficient (Wildman–Crippen LogP) is 1.57. The summed E-state index contributed by atoms with van der Waals surface area (Å²) in [7, 11) is 2.15. The number of rotatable bonds is 6. The zero-order chi connectivity index (χ0) is 12.3. The lowest BCUT2D eigenvalue weighted by atomic mass is 10.1. The van der Waals surface area contributed by atoms with Crippen LogP contribution in [0.2, 0.25) is 0 Å². The van der Waals surface area contributed by atoms with Crippen LogP contribution in [0.3, 0.4) is 0 Å². The van der Waals surface area contributed by atoms with Crippen molar-refractivity contribution in [1.29, 1.82) is 0 Å². The molecule has 0 bridgehead atoms. The topological polar surface area (TPSA) is 51.4 Å². The SMILES string of the molecule is CC(N)c1ccnc(OCCN(C)C2CC2)c1. The molecule has 1 saturated carbocycles. The summed E-state index contributed by atoms with van der Waals surface area (Å²) in [5, 5.41) is 0. The molecule has 0 radical (unpaired) electrons. The summed E-state index contributed by atoms with van der Waals surface area (Å²) in [5.74, 6) is 0.670. The van der Waals surface area contributed by atoms with E-state index in [-0.39, 0.29) is 6.04 Å². The molecule has 1 aromatic heterocycles. The molecule has 2 N–H and O–H groups in total. The van der Waals surface area contributed by atoms with Gasteiger partial charge in [-0.2, -0.15) is 0 Å². The summed E-state index contributed by atoms with van der Waals surface area (Å²) in [5.41, 5.74) is 6.88. The van der Waals surface area contributed by atoms with Crippen molar-refractivity contribution < 1.29 is 4.74 Å². The average molecular weight is 235 g/mol. The first-order valence-corrected chi connectivity index (χ1v) is 6.21. The van der Waals surface area contributed by atoms with Gasteiger partial charge in [0.25, 0.3) is 0 Å². The largest absolute Gasteiger partial charge is 0.476 e. The molecule has 1 unspecified atom stereocenters. The third kappa shape index (κ3) is 3.68. The van der Waals surface area contributed by atoms with Gasteiger partial charge in [0.2, 0.25) is 5.88 Å². The van der Waals surface area contributed by atoms with Gasteiger partial charge in [-0.25, -0.2) is 4.98 Å². The summed E-state index contributed by atoms with van der Waals surface area (Å²) < 4.78 is 5.64. The van der Waals surface area contributed by atoms with Gasteiger partial charge in [-0.3, -0.25) is 0 Å². The number of pyridine rings is 1. The lowest BCUT2D eigenvalue weighted by Gasteiger charge is -2.15. The predicted molar refractivity (Wildman–Crippen MR) is 68.0 cm³/mol. The molecule has 4 nitrogen and oxygen atoms in total. The highest BCUT2D eigenvalue weighted by Crippen LogP contribution is 2.24. The van der Waals surface area contributed by atoms with E-state index < -0.39 is 0 Å². The summed E-state index contributed by atoms with van der Waals surface area (Å²) >= 11 is 0. The van der Waals surface area contributed by atoms with Crippen molar-refractivity contribution in [3.05, 3.63) is 23.9 Å². The first-order chi connectivity index (χ1) is 8.16. The van der Waals surface area contributed by atoms with Gasteiger partial charge in [0.1, 0.15) is 6.61 Å². The van der Waals surface area contributed by atoms with Gasteiger partial charge in [0, 0.05) is 30.9 Å². The molecule has 1 atom stereocenters. The summed E-state index contributed by atoms with van der Waals surface area (Å²) in [6.07, 6.45) is 4.41. The minimum absolute atomic E-state index is 0.0227. The molecule has 0 aromatic carbocycles. The minimum Gasteiger partial charge on any atom is -0.476 e. The van der Waals surface area contributed by atoms with Crippen molar-refractivity contribution >= 4 is 0 Å². The fraction of sp³-hybridized carbons (Fsp3) is 0.615. The first kappa shape index (κ1) is 12.3. The first-order valence-electron chi connectivity index (χ1n) is 6.21. The van der Waals surface area contributed by atoms with E-state index in [0.717, 1.165) is 18.2 Å². The maximum Gasteiger partial charge on any atom is 0.213 e. The molecule has 17 heavy (non-hydrogen) atoms. The van der Waals surface area contributed by atoms with Gasteiger partial charge < -0.3 is 15.4 Å². The molecule has 1 aliphatic carbocycles. The van der Waals surface area contributed by atoms with Gasteiger partial charge in [0.15, 0.2) is 0 Å². The van der Waals surface area contributed by atoms with E-state index in [4.69, 9.17) is 10.5 Å². The number of aromatic nitrogens is 1. The summed E-state index contributed by atoms with van der Waals surface area (Å²) in [6, 6.07) is 4.65. The van der Waals surface area contributed by atoms with Crippen LogP contribution in [0, 0.1) is 0 Å². The standard InChI is InChI=1S/C13H21N3O/c1-10(14)11-5-6-15-13(9-11)17-8-7-16(2)12-3-4-12/h5-6,9-10,12H,3-4,7-8,14H2,1-2H3. The Bertz CT molecular complexity index is 363. The van der Waals surface area contributed by atoms with Crippen LogP contribution < -0.4 is 10.5 Å². The van der Waals surface area contributed by atoms with Gasteiger partial charge in [-0.1, -0.05) is 0 Å². The Morgan fingerprint density at radius 1 is 1.59 bits per heavy atom. The van der Waals surface area contributed by atoms with Gasteiger partial charge in [-0.05, 0) is 38.4 Å². The Hall–Kier alpha value is -1.13. The van der Waals surface area contributed by atoms with Crippen LogP contribution in [0.15, 0.2) is 18.3 Å². The van der Waals surface area contributed by atoms with Crippen LogP contribution in [-0.4, -0.2) is 36.1 Å². The summed E-state index contributed by atoms with van der Waals surface area (Å²) in [6.45, 7) is 3.59. The minimum atomic E-state index is 0.0227. The number of ether oxygens (including phenoxy) is 1. The molecule has 94 valence electrons. The molecular formula is C13H21N3O. The van der Waals surface area contributed by atoms with Crippen LogP contribution in [0.4, 0.5) is 0 Å². The van der Waals surface area contributed by atoms with E-state index in [1.54, 1.807) is 6.20 Å². The van der Waals surface area contributed by atoms with Gasteiger partial charge >= 0.3 is 0 Å². The number of hydrogen-bond acceptors (Lipinski definition) is 4. The second-order valence-corrected chi connectivity index (χ2v) is 4.78. The molecule has 1 aliphatic rings. The molecular weight excluding hydrogens is 214 g/mol. The van der Waals surface area contributed by atoms with Crippen molar-refractivity contribution in [3.8, 4) is 5.88 Å². The maximum atomic E-state index is 5.82. The fourth-order valence-corrected chi connectivity index (χ4v) is 1.78. The second-order valence-electron chi connectivity index (χ2n) is 4.78. The van der Waals surface area contributed by atoms with E-state index in [1.165, 1.54) is 12.8 Å². The molecule has 0 aliphatic heterocycles. The number of nitrogens with two attached hydrogens (primary N) is 1. The van der Waals surface area contributed by atoms with Gasteiger partial charge in [0.05, 0.1) is 0 Å². The van der Waals surface area contributed by atoms with Crippen LogP contribution in [-0.2, 0) is 0 Å². The molecule has 1 aromatic rings. The van der Waals surface area contributed by atoms with Crippen LogP contribution in [0.1, 0.15) is 31.4 Å². The highest BCUT2D eigenvalue weighted by Gasteiger charge is 2.25. The van der Waals surface area contributed by atoms with Crippen molar-refractivity contribution in [2.24, 2.45) is 5.73 Å². The normalized spacial score (nSPS) is 17.2. The van der Waals surface area contributed by atoms with E-state index in [9.17, 15) is 0 Å². The molecule has 4 heteroatoms. The second kappa shape index (κ2) is 5.47. The van der Waals surface area contributed by atoms with E-state index in [1.807, 2.05) is 19.1 Å². The van der Waals surface area contributed by atoms with E-state index in [2.05, 4.69) is 16.9 Å². The molecule has 0 saturated heterocycles. The Morgan fingerprint density at radius 3 is 3.00 bits per heavy atom. The monoisotopic (exact) mass is 235 g/mol. The Labute approximate surface area is 103 Å². The smallest absolute Gasteiger partial charge is 0.213 e. The molecule has 0 spiro atoms. The lowest BCUT2D eigenvalue weighted by molar-refractivity contribution is 0.226. The zero-order valence-corrected chi connectivity index (χ0v) is 10.6. The molecule has 1 heterocycles. The molecule has 1 fully saturated rings. The van der Waals surface area contributed by atoms with Crippen molar-refractivity contribution in [2.45, 2.75) is 31.8 Å². The quantitative estimate of drug-likeness (QED) is 0.813. The summed E-state index contributed by atoms with van der Waals surface area (Å²) in [4.78, 5) is 6.53. The fourth-order valence-electron chi connectivity index (χ4n) is 1.78. The van der Waals surface area contributed by atoms with Crippen LogP contribution in [0.5, 0.6) is 5.88 Å². The number of hydrogen-bond donors (Lipinski definition) is 1. The van der Waals surface area contributed by atoms with E-state index >= 15 is 0 Å². The number of likely N-dealkylation sites (N-methyl/N-ethyl adjacent to an activating group) is 1.